The van der Waals surface area contributed by atoms with Gasteiger partial charge in [0, 0.05) is 32.7 Å². The Kier molecular flexibility index (Phi) is 5.28. The monoisotopic (exact) mass is 328 g/mol. The van der Waals surface area contributed by atoms with Gasteiger partial charge in [0.25, 0.3) is 15.9 Å². The standard InChI is InChI=1S/C15H24N2O4S/c1-4-13-8-6-5-7-9-17(13)15(18)12-10-14(21-11-12)22(19,20)16(2)3/h10-11,13H,4-9H2,1-3H3/t13-/m0/s1. The summed E-state index contributed by atoms with van der Waals surface area (Å²) in [6.07, 6.45) is 6.41. The van der Waals surface area contributed by atoms with Gasteiger partial charge in [-0.1, -0.05) is 19.8 Å². The first-order valence-corrected chi connectivity index (χ1v) is 9.14. The summed E-state index contributed by atoms with van der Waals surface area (Å²) in [7, 11) is -0.787. The average Bonchev–Trinajstić information content (AvgIpc) is 2.86. The molecule has 0 N–H and O–H groups in total. The van der Waals surface area contributed by atoms with Crippen LogP contribution in [-0.4, -0.2) is 50.2 Å². The highest BCUT2D eigenvalue weighted by atomic mass is 32.2. The number of carbonyl (C=O) groups is 1. The first kappa shape index (κ1) is 17.0. The summed E-state index contributed by atoms with van der Waals surface area (Å²) >= 11 is 0. The van der Waals surface area contributed by atoms with E-state index in [-0.39, 0.29) is 17.0 Å². The Balaban J connectivity index is 2.24. The van der Waals surface area contributed by atoms with Gasteiger partial charge >= 0.3 is 0 Å². The van der Waals surface area contributed by atoms with E-state index in [4.69, 9.17) is 4.42 Å². The van der Waals surface area contributed by atoms with Gasteiger partial charge in [0.15, 0.2) is 0 Å². The largest absolute Gasteiger partial charge is 0.451 e. The summed E-state index contributed by atoms with van der Waals surface area (Å²) in [5, 5.41) is -0.191. The third-order valence-electron chi connectivity index (χ3n) is 4.17. The summed E-state index contributed by atoms with van der Waals surface area (Å²) in [5.74, 6) is -0.141. The molecule has 1 saturated heterocycles. The quantitative estimate of drug-likeness (QED) is 0.850. The highest BCUT2D eigenvalue weighted by Gasteiger charge is 2.28. The van der Waals surface area contributed by atoms with Crippen molar-refractivity contribution in [2.24, 2.45) is 0 Å². The molecule has 1 fully saturated rings. The third-order valence-corrected chi connectivity index (χ3v) is 5.85. The van der Waals surface area contributed by atoms with Crippen LogP contribution in [-0.2, 0) is 10.0 Å². The minimum absolute atomic E-state index is 0.141. The molecule has 2 rings (SSSR count). The van der Waals surface area contributed by atoms with Gasteiger partial charge in [-0.2, -0.15) is 0 Å². The Labute approximate surface area is 132 Å². The van der Waals surface area contributed by atoms with E-state index in [2.05, 4.69) is 6.92 Å². The summed E-state index contributed by atoms with van der Waals surface area (Å²) < 4.78 is 30.2. The zero-order chi connectivity index (χ0) is 16.3. The van der Waals surface area contributed by atoms with Crippen LogP contribution in [0.25, 0.3) is 0 Å². The molecule has 0 saturated carbocycles. The second-order valence-corrected chi connectivity index (χ2v) is 7.93. The molecule has 1 atom stereocenters. The maximum atomic E-state index is 12.7. The lowest BCUT2D eigenvalue weighted by atomic mass is 10.1. The molecule has 1 aromatic heterocycles. The van der Waals surface area contributed by atoms with Gasteiger partial charge in [0.05, 0.1) is 5.56 Å². The van der Waals surface area contributed by atoms with E-state index in [1.54, 1.807) is 0 Å². The van der Waals surface area contributed by atoms with Crippen LogP contribution in [0.2, 0.25) is 0 Å². The van der Waals surface area contributed by atoms with Crippen LogP contribution < -0.4 is 0 Å². The van der Waals surface area contributed by atoms with Crippen LogP contribution in [0.5, 0.6) is 0 Å². The molecule has 0 unspecified atom stereocenters. The van der Waals surface area contributed by atoms with Crippen molar-refractivity contribution in [1.29, 1.82) is 0 Å². The van der Waals surface area contributed by atoms with Crippen molar-refractivity contribution >= 4 is 15.9 Å². The maximum Gasteiger partial charge on any atom is 0.275 e. The van der Waals surface area contributed by atoms with Gasteiger partial charge in [-0.15, -0.1) is 0 Å². The van der Waals surface area contributed by atoms with Crippen molar-refractivity contribution in [3.8, 4) is 0 Å². The van der Waals surface area contributed by atoms with Crippen LogP contribution >= 0.6 is 0 Å². The fraction of sp³-hybridized carbons (Fsp3) is 0.667. The van der Waals surface area contributed by atoms with Gasteiger partial charge in [0.1, 0.15) is 6.26 Å². The summed E-state index contributed by atoms with van der Waals surface area (Å²) in [6.45, 7) is 2.80. The summed E-state index contributed by atoms with van der Waals surface area (Å²) in [5.41, 5.74) is 0.306. The number of sulfonamides is 1. The zero-order valence-electron chi connectivity index (χ0n) is 13.4. The number of nitrogens with zero attached hydrogens (tertiary/aromatic N) is 2. The predicted molar refractivity (Wildman–Crippen MR) is 83.2 cm³/mol. The Hall–Kier alpha value is -1.34. The molecular formula is C15H24N2O4S. The van der Waals surface area contributed by atoms with E-state index in [1.165, 1.54) is 26.4 Å². The molecule has 1 aliphatic heterocycles. The first-order valence-electron chi connectivity index (χ1n) is 7.70. The minimum Gasteiger partial charge on any atom is -0.451 e. The highest BCUT2D eigenvalue weighted by molar-refractivity contribution is 7.88. The van der Waals surface area contributed by atoms with Crippen molar-refractivity contribution < 1.29 is 17.6 Å². The van der Waals surface area contributed by atoms with E-state index in [0.717, 1.165) is 43.0 Å². The Morgan fingerprint density at radius 1 is 1.36 bits per heavy atom. The van der Waals surface area contributed by atoms with Crippen molar-refractivity contribution in [3.63, 3.8) is 0 Å². The Bertz CT molecular complexity index is 621. The van der Waals surface area contributed by atoms with Crippen LogP contribution in [0, 0.1) is 0 Å². The van der Waals surface area contributed by atoms with E-state index in [9.17, 15) is 13.2 Å². The summed E-state index contributed by atoms with van der Waals surface area (Å²) in [6, 6.07) is 1.55. The summed E-state index contributed by atoms with van der Waals surface area (Å²) in [4.78, 5) is 14.6. The molecule has 6 nitrogen and oxygen atoms in total. The molecule has 0 aliphatic carbocycles. The molecule has 0 aromatic carbocycles. The number of carbonyl (C=O) groups excluding carboxylic acids is 1. The van der Waals surface area contributed by atoms with Crippen LogP contribution in [0.4, 0.5) is 0 Å². The molecule has 1 aromatic rings. The molecular weight excluding hydrogens is 304 g/mol. The van der Waals surface area contributed by atoms with E-state index in [1.807, 2.05) is 4.90 Å². The van der Waals surface area contributed by atoms with E-state index >= 15 is 0 Å². The number of rotatable bonds is 4. The first-order chi connectivity index (χ1) is 10.4. The van der Waals surface area contributed by atoms with Crippen molar-refractivity contribution in [3.05, 3.63) is 17.9 Å². The average molecular weight is 328 g/mol. The molecule has 0 bridgehead atoms. The predicted octanol–water partition coefficient (Wildman–Crippen LogP) is 2.32. The Morgan fingerprint density at radius 2 is 2.09 bits per heavy atom. The van der Waals surface area contributed by atoms with Crippen LogP contribution in [0.3, 0.4) is 0 Å². The molecule has 0 radical (unpaired) electrons. The van der Waals surface area contributed by atoms with E-state index in [0.29, 0.717) is 5.56 Å². The molecule has 1 amide bonds. The zero-order valence-corrected chi connectivity index (χ0v) is 14.2. The topological polar surface area (TPSA) is 70.8 Å². The molecule has 7 heteroatoms. The van der Waals surface area contributed by atoms with Gasteiger partial charge in [-0.05, 0) is 19.3 Å². The number of likely N-dealkylation sites (tertiary alicyclic amines) is 1. The molecule has 0 spiro atoms. The molecule has 1 aliphatic rings. The van der Waals surface area contributed by atoms with Crippen LogP contribution in [0.15, 0.2) is 21.8 Å². The van der Waals surface area contributed by atoms with Gasteiger partial charge in [-0.3, -0.25) is 4.79 Å². The third kappa shape index (κ3) is 3.35. The van der Waals surface area contributed by atoms with Gasteiger partial charge in [0.2, 0.25) is 5.09 Å². The molecule has 124 valence electrons. The lowest BCUT2D eigenvalue weighted by molar-refractivity contribution is 0.0677. The van der Waals surface area contributed by atoms with Crippen molar-refractivity contribution in [2.75, 3.05) is 20.6 Å². The van der Waals surface area contributed by atoms with Gasteiger partial charge < -0.3 is 9.32 Å². The van der Waals surface area contributed by atoms with E-state index < -0.39 is 10.0 Å². The van der Waals surface area contributed by atoms with Gasteiger partial charge in [-0.25, -0.2) is 12.7 Å². The number of furan rings is 1. The highest BCUT2D eigenvalue weighted by Crippen LogP contribution is 2.23. The molecule has 22 heavy (non-hydrogen) atoms. The maximum absolute atomic E-state index is 12.7. The minimum atomic E-state index is -3.65. The second kappa shape index (κ2) is 6.83. The Morgan fingerprint density at radius 3 is 2.73 bits per heavy atom. The normalized spacial score (nSPS) is 20.2. The number of amides is 1. The van der Waals surface area contributed by atoms with Crippen molar-refractivity contribution in [1.82, 2.24) is 9.21 Å². The number of hydrogen-bond donors (Lipinski definition) is 0. The number of hydrogen-bond acceptors (Lipinski definition) is 4. The SMILES string of the molecule is CC[C@H]1CCCCCN1C(=O)c1coc(S(=O)(=O)N(C)C)c1. The lowest BCUT2D eigenvalue weighted by Crippen LogP contribution is -2.39. The fourth-order valence-corrected chi connectivity index (χ4v) is 3.58. The van der Waals surface area contributed by atoms with Crippen molar-refractivity contribution in [2.45, 2.75) is 50.2 Å². The van der Waals surface area contributed by atoms with Crippen LogP contribution in [0.1, 0.15) is 49.4 Å². The second-order valence-electron chi connectivity index (χ2n) is 5.85. The lowest BCUT2D eigenvalue weighted by Gasteiger charge is -2.28. The smallest absolute Gasteiger partial charge is 0.275 e. The fourth-order valence-electron chi connectivity index (χ4n) is 2.78. The molecule has 2 heterocycles.